The number of nitrogens with zero attached hydrogens (tertiary/aromatic N) is 2. The van der Waals surface area contributed by atoms with Crippen LogP contribution in [0.25, 0.3) is 0 Å². The minimum atomic E-state index is 0.100. The number of pyridine rings is 1. The van der Waals surface area contributed by atoms with Gasteiger partial charge in [-0.25, -0.2) is 4.98 Å². The van der Waals surface area contributed by atoms with Gasteiger partial charge in [0.15, 0.2) is 0 Å². The number of halogens is 1. The second kappa shape index (κ2) is 5.17. The van der Waals surface area contributed by atoms with Gasteiger partial charge in [0.2, 0.25) is 0 Å². The molecule has 4 heteroatoms. The molecule has 1 aromatic rings. The maximum atomic E-state index is 12.3. The summed E-state index contributed by atoms with van der Waals surface area (Å²) in [7, 11) is 0. The SMILES string of the molecule is CC1CC(C)CN(C(=O)c2ccc(Br)nc2)C1. The third-order valence-electron chi connectivity index (χ3n) is 3.13. The van der Waals surface area contributed by atoms with Gasteiger partial charge in [0, 0.05) is 19.3 Å². The number of carbonyl (C=O) groups is 1. The topological polar surface area (TPSA) is 33.2 Å². The summed E-state index contributed by atoms with van der Waals surface area (Å²) >= 11 is 3.27. The van der Waals surface area contributed by atoms with E-state index in [-0.39, 0.29) is 5.91 Å². The number of hydrogen-bond donors (Lipinski definition) is 0. The van der Waals surface area contributed by atoms with Crippen molar-refractivity contribution in [1.29, 1.82) is 0 Å². The van der Waals surface area contributed by atoms with Crippen molar-refractivity contribution in [2.45, 2.75) is 20.3 Å². The quantitative estimate of drug-likeness (QED) is 0.747. The molecule has 0 aliphatic carbocycles. The van der Waals surface area contributed by atoms with E-state index in [1.54, 1.807) is 6.20 Å². The number of rotatable bonds is 1. The summed E-state index contributed by atoms with van der Waals surface area (Å²) in [5.74, 6) is 1.28. The van der Waals surface area contributed by atoms with Crippen LogP contribution in [0, 0.1) is 11.8 Å². The highest BCUT2D eigenvalue weighted by molar-refractivity contribution is 9.10. The largest absolute Gasteiger partial charge is 0.338 e. The number of hydrogen-bond acceptors (Lipinski definition) is 2. The van der Waals surface area contributed by atoms with Crippen LogP contribution < -0.4 is 0 Å². The van der Waals surface area contributed by atoms with Crippen LogP contribution in [-0.2, 0) is 0 Å². The van der Waals surface area contributed by atoms with Crippen molar-refractivity contribution in [3.63, 3.8) is 0 Å². The van der Waals surface area contributed by atoms with Gasteiger partial charge in [-0.2, -0.15) is 0 Å². The molecule has 0 bridgehead atoms. The molecule has 0 aromatic carbocycles. The minimum Gasteiger partial charge on any atom is -0.338 e. The Balaban J connectivity index is 2.11. The average molecular weight is 297 g/mol. The molecule has 1 amide bonds. The molecule has 2 unspecified atom stereocenters. The van der Waals surface area contributed by atoms with Crippen molar-refractivity contribution in [2.75, 3.05) is 13.1 Å². The van der Waals surface area contributed by atoms with E-state index < -0.39 is 0 Å². The number of carbonyl (C=O) groups excluding carboxylic acids is 1. The second-order valence-electron chi connectivity index (χ2n) is 5.03. The molecule has 0 saturated carbocycles. The predicted octanol–water partition coefficient (Wildman–Crippen LogP) is 2.96. The second-order valence-corrected chi connectivity index (χ2v) is 5.84. The van der Waals surface area contributed by atoms with Crippen LogP contribution in [0.1, 0.15) is 30.6 Å². The van der Waals surface area contributed by atoms with Crippen molar-refractivity contribution >= 4 is 21.8 Å². The monoisotopic (exact) mass is 296 g/mol. The zero-order chi connectivity index (χ0) is 12.4. The van der Waals surface area contributed by atoms with Gasteiger partial charge in [-0.05, 0) is 46.3 Å². The average Bonchev–Trinajstić information content (AvgIpc) is 2.28. The molecule has 17 heavy (non-hydrogen) atoms. The highest BCUT2D eigenvalue weighted by atomic mass is 79.9. The van der Waals surface area contributed by atoms with E-state index >= 15 is 0 Å². The fourth-order valence-corrected chi connectivity index (χ4v) is 2.75. The van der Waals surface area contributed by atoms with Crippen LogP contribution >= 0.6 is 15.9 Å². The Morgan fingerprint density at radius 1 is 1.35 bits per heavy atom. The maximum absolute atomic E-state index is 12.3. The zero-order valence-electron chi connectivity index (χ0n) is 10.2. The third-order valence-corrected chi connectivity index (χ3v) is 3.60. The summed E-state index contributed by atoms with van der Waals surface area (Å²) in [6, 6.07) is 3.63. The number of aromatic nitrogens is 1. The van der Waals surface area contributed by atoms with Crippen molar-refractivity contribution in [3.8, 4) is 0 Å². The van der Waals surface area contributed by atoms with Crippen molar-refractivity contribution < 1.29 is 4.79 Å². The highest BCUT2D eigenvalue weighted by Crippen LogP contribution is 2.22. The van der Waals surface area contributed by atoms with Crippen LogP contribution in [0.15, 0.2) is 22.9 Å². The zero-order valence-corrected chi connectivity index (χ0v) is 11.8. The molecule has 1 aromatic heterocycles. The summed E-state index contributed by atoms with van der Waals surface area (Å²) < 4.78 is 0.759. The molecule has 1 aliphatic heterocycles. The number of amides is 1. The Labute approximate surface area is 110 Å². The van der Waals surface area contributed by atoms with Gasteiger partial charge in [0.25, 0.3) is 5.91 Å². The van der Waals surface area contributed by atoms with Gasteiger partial charge in [-0.1, -0.05) is 13.8 Å². The Morgan fingerprint density at radius 3 is 2.53 bits per heavy atom. The van der Waals surface area contributed by atoms with E-state index in [1.807, 2.05) is 17.0 Å². The molecule has 0 N–H and O–H groups in total. The molecule has 1 saturated heterocycles. The third kappa shape index (κ3) is 3.06. The Morgan fingerprint density at radius 2 is 2.00 bits per heavy atom. The van der Waals surface area contributed by atoms with Crippen molar-refractivity contribution in [1.82, 2.24) is 9.88 Å². The van der Waals surface area contributed by atoms with Crippen LogP contribution in [0.2, 0.25) is 0 Å². The van der Waals surface area contributed by atoms with Crippen molar-refractivity contribution in [3.05, 3.63) is 28.5 Å². The fraction of sp³-hybridized carbons (Fsp3) is 0.538. The molecule has 2 rings (SSSR count). The molecule has 2 heterocycles. The van der Waals surface area contributed by atoms with Gasteiger partial charge in [-0.15, -0.1) is 0 Å². The fourth-order valence-electron chi connectivity index (χ4n) is 2.51. The van der Waals surface area contributed by atoms with Gasteiger partial charge >= 0.3 is 0 Å². The molecular weight excluding hydrogens is 280 g/mol. The number of piperidine rings is 1. The lowest BCUT2D eigenvalue weighted by atomic mass is 9.91. The molecule has 1 aliphatic rings. The molecule has 2 atom stereocenters. The smallest absolute Gasteiger partial charge is 0.255 e. The molecule has 1 fully saturated rings. The maximum Gasteiger partial charge on any atom is 0.255 e. The van der Waals surface area contributed by atoms with E-state index in [9.17, 15) is 4.79 Å². The van der Waals surface area contributed by atoms with E-state index in [4.69, 9.17) is 0 Å². The summed E-state index contributed by atoms with van der Waals surface area (Å²) in [5.41, 5.74) is 0.675. The normalized spacial score (nSPS) is 24.8. The van der Waals surface area contributed by atoms with E-state index in [2.05, 4.69) is 34.8 Å². The van der Waals surface area contributed by atoms with Crippen LogP contribution in [0.4, 0.5) is 0 Å². The first-order valence-corrected chi connectivity index (χ1v) is 6.76. The standard InChI is InChI=1S/C13H17BrN2O/c1-9-5-10(2)8-16(7-9)13(17)11-3-4-12(14)15-6-11/h3-4,6,9-10H,5,7-8H2,1-2H3. The lowest BCUT2D eigenvalue weighted by Gasteiger charge is -2.35. The summed E-state index contributed by atoms with van der Waals surface area (Å²) in [4.78, 5) is 18.3. The number of likely N-dealkylation sites (tertiary alicyclic amines) is 1. The van der Waals surface area contributed by atoms with Crippen molar-refractivity contribution in [2.24, 2.45) is 11.8 Å². The lowest BCUT2D eigenvalue weighted by Crippen LogP contribution is -2.42. The minimum absolute atomic E-state index is 0.100. The first-order valence-electron chi connectivity index (χ1n) is 5.97. The van der Waals surface area contributed by atoms with Gasteiger partial charge < -0.3 is 4.90 Å². The molecule has 0 spiro atoms. The summed E-state index contributed by atoms with van der Waals surface area (Å²) in [6.07, 6.45) is 2.85. The molecule has 3 nitrogen and oxygen atoms in total. The van der Waals surface area contributed by atoms with Gasteiger partial charge in [-0.3, -0.25) is 4.79 Å². The van der Waals surface area contributed by atoms with E-state index in [1.165, 1.54) is 6.42 Å². The predicted molar refractivity (Wildman–Crippen MR) is 70.8 cm³/mol. The van der Waals surface area contributed by atoms with Gasteiger partial charge in [0.05, 0.1) is 5.56 Å². The summed E-state index contributed by atoms with van der Waals surface area (Å²) in [6.45, 7) is 6.13. The van der Waals surface area contributed by atoms with E-state index in [0.717, 1.165) is 17.7 Å². The molecule has 0 radical (unpaired) electrons. The first-order chi connectivity index (χ1) is 8.06. The van der Waals surface area contributed by atoms with Crippen LogP contribution in [0.5, 0.6) is 0 Å². The van der Waals surface area contributed by atoms with Crippen LogP contribution in [0.3, 0.4) is 0 Å². The molecular formula is C13H17BrN2O. The first kappa shape index (κ1) is 12.6. The highest BCUT2D eigenvalue weighted by Gasteiger charge is 2.26. The lowest BCUT2D eigenvalue weighted by molar-refractivity contribution is 0.0622. The molecule has 92 valence electrons. The van der Waals surface area contributed by atoms with E-state index in [0.29, 0.717) is 17.4 Å². The van der Waals surface area contributed by atoms with Crippen LogP contribution in [-0.4, -0.2) is 28.9 Å². The van der Waals surface area contributed by atoms with Gasteiger partial charge in [0.1, 0.15) is 4.60 Å². The Hall–Kier alpha value is -0.900. The Kier molecular flexibility index (Phi) is 3.82. The summed E-state index contributed by atoms with van der Waals surface area (Å²) in [5, 5.41) is 0. The Bertz CT molecular complexity index is 394.